The number of nitrogens with one attached hydrogen (secondary N) is 2. The van der Waals surface area contributed by atoms with Crippen LogP contribution in [-0.4, -0.2) is 19.0 Å². The average Bonchev–Trinajstić information content (AvgIpc) is 2.47. The Balaban J connectivity index is 1.62. The molecule has 3 nitrogen and oxygen atoms in total. The fourth-order valence-corrected chi connectivity index (χ4v) is 3.08. The lowest BCUT2D eigenvalue weighted by Crippen LogP contribution is -2.23. The maximum atomic E-state index is 11.9. The second-order valence-corrected chi connectivity index (χ2v) is 6.44. The lowest BCUT2D eigenvalue weighted by molar-refractivity contribution is -0.116. The maximum absolute atomic E-state index is 11.9. The summed E-state index contributed by atoms with van der Waals surface area (Å²) in [6.45, 7) is 1.61. The zero-order chi connectivity index (χ0) is 15.8. The van der Waals surface area contributed by atoms with Crippen LogP contribution in [0.2, 0.25) is 10.0 Å². The lowest BCUT2D eigenvalue weighted by atomic mass is 9.97. The molecule has 0 saturated carbocycles. The van der Waals surface area contributed by atoms with Gasteiger partial charge in [0.1, 0.15) is 0 Å². The van der Waals surface area contributed by atoms with Crippen LogP contribution >= 0.6 is 23.2 Å². The summed E-state index contributed by atoms with van der Waals surface area (Å²) in [5.41, 5.74) is 2.19. The van der Waals surface area contributed by atoms with Gasteiger partial charge in [-0.2, -0.15) is 0 Å². The predicted molar refractivity (Wildman–Crippen MR) is 93.7 cm³/mol. The largest absolute Gasteiger partial charge is 0.326 e. The molecule has 120 valence electrons. The highest BCUT2D eigenvalue weighted by atomic mass is 35.5. The normalized spacial score (nSPS) is 14.5. The molecule has 0 bridgehead atoms. The molecule has 0 aliphatic heterocycles. The molecule has 1 aromatic carbocycles. The van der Waals surface area contributed by atoms with Gasteiger partial charge in [-0.1, -0.05) is 34.9 Å². The highest BCUT2D eigenvalue weighted by molar-refractivity contribution is 6.35. The number of hydrogen-bond donors (Lipinski definition) is 2. The number of carbonyl (C=O) groups is 1. The predicted octanol–water partition coefficient (Wildman–Crippen LogP) is 4.80. The van der Waals surface area contributed by atoms with Gasteiger partial charge in [-0.3, -0.25) is 4.79 Å². The first-order valence-corrected chi connectivity index (χ1v) is 8.53. The van der Waals surface area contributed by atoms with Crippen molar-refractivity contribution in [3.8, 4) is 0 Å². The van der Waals surface area contributed by atoms with Gasteiger partial charge in [-0.15, -0.1) is 0 Å². The zero-order valence-corrected chi connectivity index (χ0v) is 14.1. The van der Waals surface area contributed by atoms with E-state index in [1.807, 2.05) is 0 Å². The number of benzene rings is 1. The highest BCUT2D eigenvalue weighted by Crippen LogP contribution is 2.22. The fraction of sp³-hybridized carbons (Fsp3) is 0.471. The molecule has 0 fully saturated rings. The summed E-state index contributed by atoms with van der Waals surface area (Å²) in [6, 6.07) is 5.02. The molecule has 0 unspecified atom stereocenters. The highest BCUT2D eigenvalue weighted by Gasteiger charge is 2.05. The van der Waals surface area contributed by atoms with E-state index in [2.05, 4.69) is 16.7 Å². The van der Waals surface area contributed by atoms with Crippen LogP contribution in [-0.2, 0) is 4.79 Å². The number of rotatable bonds is 7. The van der Waals surface area contributed by atoms with E-state index in [-0.39, 0.29) is 5.91 Å². The number of anilines is 1. The van der Waals surface area contributed by atoms with Gasteiger partial charge in [0.15, 0.2) is 0 Å². The summed E-state index contributed by atoms with van der Waals surface area (Å²) in [5.74, 6) is -0.0392. The average molecular weight is 341 g/mol. The Morgan fingerprint density at radius 1 is 1.09 bits per heavy atom. The van der Waals surface area contributed by atoms with Crippen LogP contribution in [0.1, 0.15) is 38.5 Å². The number of allylic oxidation sites excluding steroid dienone is 1. The van der Waals surface area contributed by atoms with Crippen molar-refractivity contribution in [3.63, 3.8) is 0 Å². The third-order valence-electron chi connectivity index (χ3n) is 3.68. The molecule has 1 aliphatic carbocycles. The molecule has 1 aliphatic rings. The van der Waals surface area contributed by atoms with Crippen LogP contribution in [0.4, 0.5) is 5.69 Å². The minimum atomic E-state index is -0.0392. The molecule has 5 heteroatoms. The van der Waals surface area contributed by atoms with Crippen LogP contribution in [0.5, 0.6) is 0 Å². The van der Waals surface area contributed by atoms with Crippen molar-refractivity contribution in [2.75, 3.05) is 18.4 Å². The third-order valence-corrected chi connectivity index (χ3v) is 4.12. The number of carbonyl (C=O) groups excluding carboxylic acids is 1. The molecular weight excluding hydrogens is 319 g/mol. The lowest BCUT2D eigenvalue weighted by Gasteiger charge is -2.13. The molecule has 0 spiro atoms. The van der Waals surface area contributed by atoms with Gasteiger partial charge in [0.05, 0.1) is 0 Å². The smallest absolute Gasteiger partial charge is 0.225 e. The quantitative estimate of drug-likeness (QED) is 0.552. The van der Waals surface area contributed by atoms with Crippen molar-refractivity contribution < 1.29 is 4.79 Å². The van der Waals surface area contributed by atoms with E-state index < -0.39 is 0 Å². The number of hydrogen-bond acceptors (Lipinski definition) is 2. The van der Waals surface area contributed by atoms with Gasteiger partial charge in [-0.05, 0) is 56.8 Å². The minimum Gasteiger partial charge on any atom is -0.326 e. The van der Waals surface area contributed by atoms with Gasteiger partial charge < -0.3 is 10.6 Å². The molecule has 0 atom stereocenters. The van der Waals surface area contributed by atoms with E-state index in [1.54, 1.807) is 23.8 Å². The summed E-state index contributed by atoms with van der Waals surface area (Å²) in [4.78, 5) is 11.9. The fourth-order valence-electron chi connectivity index (χ4n) is 2.56. The monoisotopic (exact) mass is 340 g/mol. The topological polar surface area (TPSA) is 41.1 Å². The molecule has 1 amide bonds. The molecule has 0 heterocycles. The molecule has 22 heavy (non-hydrogen) atoms. The van der Waals surface area contributed by atoms with E-state index in [4.69, 9.17) is 23.2 Å². The summed E-state index contributed by atoms with van der Waals surface area (Å²) in [5, 5.41) is 7.15. The van der Waals surface area contributed by atoms with Crippen LogP contribution in [0.25, 0.3) is 0 Å². The standard InChI is InChI=1S/C17H22Cl2N2O/c18-14-10-15(19)12-16(11-14)21-17(22)7-9-20-8-6-13-4-2-1-3-5-13/h4,10-12,20H,1-3,5-9H2,(H,21,22). The first-order chi connectivity index (χ1) is 10.6. The van der Waals surface area contributed by atoms with Crippen molar-refractivity contribution in [2.24, 2.45) is 0 Å². The Morgan fingerprint density at radius 3 is 2.55 bits per heavy atom. The SMILES string of the molecule is O=C(CCNCCC1=CCCCC1)Nc1cc(Cl)cc(Cl)c1. The molecule has 0 aromatic heterocycles. The summed E-state index contributed by atoms with van der Waals surface area (Å²) >= 11 is 11.8. The summed E-state index contributed by atoms with van der Waals surface area (Å²) in [6.07, 6.45) is 8.98. The van der Waals surface area contributed by atoms with Crippen molar-refractivity contribution in [1.82, 2.24) is 5.32 Å². The van der Waals surface area contributed by atoms with Crippen molar-refractivity contribution in [3.05, 3.63) is 39.9 Å². The Morgan fingerprint density at radius 2 is 1.86 bits per heavy atom. The second kappa shape index (κ2) is 9.19. The van der Waals surface area contributed by atoms with E-state index in [0.717, 1.165) is 13.0 Å². The van der Waals surface area contributed by atoms with Crippen LogP contribution in [0.3, 0.4) is 0 Å². The van der Waals surface area contributed by atoms with E-state index in [0.29, 0.717) is 28.7 Å². The number of amides is 1. The molecule has 2 rings (SSSR count). The Labute approximate surface area is 142 Å². The summed E-state index contributed by atoms with van der Waals surface area (Å²) in [7, 11) is 0. The van der Waals surface area contributed by atoms with E-state index in [1.165, 1.54) is 25.7 Å². The van der Waals surface area contributed by atoms with Crippen LogP contribution in [0.15, 0.2) is 29.8 Å². The van der Waals surface area contributed by atoms with E-state index in [9.17, 15) is 4.79 Å². The molecule has 0 radical (unpaired) electrons. The first-order valence-electron chi connectivity index (χ1n) is 7.78. The zero-order valence-electron chi connectivity index (χ0n) is 12.6. The van der Waals surface area contributed by atoms with Crippen molar-refractivity contribution >= 4 is 34.8 Å². The van der Waals surface area contributed by atoms with Gasteiger partial charge in [0, 0.05) is 28.7 Å². The molecule has 1 aromatic rings. The van der Waals surface area contributed by atoms with Crippen LogP contribution in [0, 0.1) is 0 Å². The maximum Gasteiger partial charge on any atom is 0.225 e. The molecular formula is C17H22Cl2N2O. The van der Waals surface area contributed by atoms with Gasteiger partial charge in [0.2, 0.25) is 5.91 Å². The van der Waals surface area contributed by atoms with Gasteiger partial charge in [-0.25, -0.2) is 0 Å². The Bertz CT molecular complexity index is 523. The van der Waals surface area contributed by atoms with Gasteiger partial charge in [0.25, 0.3) is 0 Å². The Hall–Kier alpha value is -1.03. The minimum absolute atomic E-state index is 0.0392. The van der Waals surface area contributed by atoms with Crippen LogP contribution < -0.4 is 10.6 Å². The summed E-state index contributed by atoms with van der Waals surface area (Å²) < 4.78 is 0. The third kappa shape index (κ3) is 6.39. The second-order valence-electron chi connectivity index (χ2n) is 5.56. The number of halogens is 2. The van der Waals surface area contributed by atoms with Crippen molar-refractivity contribution in [2.45, 2.75) is 38.5 Å². The molecule has 0 saturated heterocycles. The molecule has 2 N–H and O–H groups in total. The van der Waals surface area contributed by atoms with Crippen molar-refractivity contribution in [1.29, 1.82) is 0 Å². The van der Waals surface area contributed by atoms with E-state index >= 15 is 0 Å². The van der Waals surface area contributed by atoms with Gasteiger partial charge >= 0.3 is 0 Å². The Kier molecular flexibility index (Phi) is 7.23. The first kappa shape index (κ1) is 17.3.